The highest BCUT2D eigenvalue weighted by molar-refractivity contribution is 6.01. The third-order valence-corrected chi connectivity index (χ3v) is 3.44. The molecule has 0 saturated heterocycles. The minimum absolute atomic E-state index is 0.236. The van der Waals surface area contributed by atoms with Crippen LogP contribution in [-0.2, 0) is 0 Å². The second-order valence-corrected chi connectivity index (χ2v) is 5.01. The molecule has 0 bridgehead atoms. The molecule has 6 heteroatoms. The Morgan fingerprint density at radius 1 is 0.870 bits per heavy atom. The Bertz CT molecular complexity index is 940. The van der Waals surface area contributed by atoms with Crippen molar-refractivity contribution in [2.45, 2.75) is 0 Å². The summed E-state index contributed by atoms with van der Waals surface area (Å²) in [4.78, 5) is 12.3. The molecule has 0 radical (unpaired) electrons. The summed E-state index contributed by atoms with van der Waals surface area (Å²) in [5, 5.41) is 38.3. The summed E-state index contributed by atoms with van der Waals surface area (Å²) in [6.07, 6.45) is 4.33. The van der Waals surface area contributed by atoms with Crippen molar-refractivity contribution in [3.8, 4) is 23.0 Å². The molecule has 0 amide bonds. The van der Waals surface area contributed by atoms with Crippen LogP contribution in [0.4, 0.5) is 0 Å². The fourth-order valence-electron chi connectivity index (χ4n) is 2.24. The first-order valence-electron chi connectivity index (χ1n) is 6.73. The van der Waals surface area contributed by atoms with Crippen LogP contribution in [0.25, 0.3) is 17.0 Å². The number of carbonyl (C=O) groups is 1. The molecule has 0 atom stereocenters. The van der Waals surface area contributed by atoms with E-state index in [1.54, 1.807) is 12.1 Å². The van der Waals surface area contributed by atoms with E-state index in [1.165, 1.54) is 47.2 Å². The van der Waals surface area contributed by atoms with Crippen LogP contribution >= 0.6 is 0 Å². The Hall–Kier alpha value is -3.41. The Labute approximate surface area is 130 Å². The molecule has 0 aliphatic carbocycles. The van der Waals surface area contributed by atoms with Crippen molar-refractivity contribution in [2.75, 3.05) is 0 Å². The molecule has 116 valence electrons. The van der Waals surface area contributed by atoms with Gasteiger partial charge >= 0.3 is 0 Å². The normalized spacial score (nSPS) is 11.3. The van der Waals surface area contributed by atoms with Gasteiger partial charge in [-0.15, -0.1) is 0 Å². The van der Waals surface area contributed by atoms with Gasteiger partial charge in [0, 0.05) is 23.7 Å². The van der Waals surface area contributed by atoms with Gasteiger partial charge in [0.25, 0.3) is 5.91 Å². The number of hydrogen-bond donors (Lipinski definition) is 4. The van der Waals surface area contributed by atoms with Crippen molar-refractivity contribution < 1.29 is 25.2 Å². The van der Waals surface area contributed by atoms with E-state index in [1.807, 2.05) is 0 Å². The molecule has 2 aromatic carbocycles. The minimum atomic E-state index is -0.363. The maximum atomic E-state index is 12.3. The highest BCUT2D eigenvalue weighted by atomic mass is 16.3. The Morgan fingerprint density at radius 3 is 2.30 bits per heavy atom. The molecule has 0 spiro atoms. The molecule has 23 heavy (non-hydrogen) atoms. The molecule has 0 saturated carbocycles. The maximum absolute atomic E-state index is 12.3. The molecule has 1 aromatic heterocycles. The van der Waals surface area contributed by atoms with E-state index in [-0.39, 0.29) is 28.9 Å². The second-order valence-electron chi connectivity index (χ2n) is 5.01. The first-order chi connectivity index (χ1) is 11.0. The third-order valence-electron chi connectivity index (χ3n) is 3.44. The molecule has 1 heterocycles. The molecule has 3 rings (SSSR count). The molecule has 0 unspecified atom stereocenters. The first-order valence-corrected chi connectivity index (χ1v) is 6.73. The van der Waals surface area contributed by atoms with Crippen LogP contribution in [0.5, 0.6) is 23.0 Å². The lowest BCUT2D eigenvalue weighted by molar-refractivity contribution is 0.0974. The number of aromatic nitrogens is 1. The fourth-order valence-corrected chi connectivity index (χ4v) is 2.24. The molecule has 0 aliphatic rings. The smallest absolute Gasteiger partial charge is 0.255 e. The van der Waals surface area contributed by atoms with E-state index in [4.69, 9.17) is 0 Å². The van der Waals surface area contributed by atoms with E-state index >= 15 is 0 Å². The summed E-state index contributed by atoms with van der Waals surface area (Å²) in [5.74, 6) is -1.43. The number of fused-ring (bicyclic) bond motifs is 1. The predicted octanol–water partition coefficient (Wildman–Crippen LogP) is 2.82. The fraction of sp³-hybridized carbons (Fsp3) is 0. The zero-order valence-electron chi connectivity index (χ0n) is 11.8. The van der Waals surface area contributed by atoms with Gasteiger partial charge < -0.3 is 20.4 Å². The first kappa shape index (κ1) is 14.5. The van der Waals surface area contributed by atoms with E-state index < -0.39 is 0 Å². The lowest BCUT2D eigenvalue weighted by Crippen LogP contribution is -2.04. The van der Waals surface area contributed by atoms with Gasteiger partial charge in [-0.1, -0.05) is 6.07 Å². The van der Waals surface area contributed by atoms with Crippen molar-refractivity contribution in [3.05, 3.63) is 54.2 Å². The number of aromatic hydroxyl groups is 4. The highest BCUT2D eigenvalue weighted by Gasteiger charge is 2.10. The zero-order chi connectivity index (χ0) is 16.6. The van der Waals surface area contributed by atoms with Gasteiger partial charge in [-0.3, -0.25) is 9.36 Å². The highest BCUT2D eigenvalue weighted by Crippen LogP contribution is 2.31. The van der Waals surface area contributed by atoms with E-state index in [0.29, 0.717) is 16.5 Å². The monoisotopic (exact) mass is 311 g/mol. The van der Waals surface area contributed by atoms with E-state index in [0.717, 1.165) is 0 Å². The molecule has 4 N–H and O–H groups in total. The van der Waals surface area contributed by atoms with Gasteiger partial charge in [0.05, 0.1) is 5.52 Å². The third kappa shape index (κ3) is 2.69. The van der Waals surface area contributed by atoms with Gasteiger partial charge in [-0.05, 0) is 35.9 Å². The molecule has 0 fully saturated rings. The summed E-state index contributed by atoms with van der Waals surface area (Å²) in [6, 6.07) is 8.53. The molecule has 6 nitrogen and oxygen atoms in total. The largest absolute Gasteiger partial charge is 0.504 e. The number of phenols is 4. The number of nitrogens with zero attached hydrogens (tertiary/aromatic N) is 1. The van der Waals surface area contributed by atoms with E-state index in [2.05, 4.69) is 0 Å². The zero-order valence-corrected chi connectivity index (χ0v) is 11.8. The lowest BCUT2D eigenvalue weighted by atomic mass is 10.2. The van der Waals surface area contributed by atoms with Gasteiger partial charge in [0.15, 0.2) is 23.0 Å². The standard InChI is InChI=1S/C17H13NO5/c19-13-3-1-10(7-14(13)20)2-4-17(23)18-6-5-11-8-15(21)16(22)9-12(11)18/h1-9,19-22H/b4-2+. The molecular weight excluding hydrogens is 298 g/mol. The van der Waals surface area contributed by atoms with Crippen LogP contribution in [0.2, 0.25) is 0 Å². The predicted molar refractivity (Wildman–Crippen MR) is 84.7 cm³/mol. The number of phenolic OH excluding ortho intramolecular Hbond substituents is 4. The summed E-state index contributed by atoms with van der Waals surface area (Å²) in [7, 11) is 0. The SMILES string of the molecule is O=C(/C=C/c1ccc(O)c(O)c1)n1ccc2cc(O)c(O)cc21. The van der Waals surface area contributed by atoms with Crippen LogP contribution in [0, 0.1) is 0 Å². The number of rotatable bonds is 2. The number of benzene rings is 2. The van der Waals surface area contributed by atoms with Crippen molar-refractivity contribution in [1.82, 2.24) is 4.57 Å². The Kier molecular flexibility index (Phi) is 3.42. The van der Waals surface area contributed by atoms with Gasteiger partial charge in [0.1, 0.15) is 0 Å². The van der Waals surface area contributed by atoms with Gasteiger partial charge in [-0.25, -0.2) is 0 Å². The average Bonchev–Trinajstić information content (AvgIpc) is 2.91. The van der Waals surface area contributed by atoms with Crippen LogP contribution in [0.1, 0.15) is 10.4 Å². The number of hydrogen-bond acceptors (Lipinski definition) is 5. The quantitative estimate of drug-likeness (QED) is 0.430. The molecular formula is C17H13NO5. The van der Waals surface area contributed by atoms with Crippen LogP contribution in [0.3, 0.4) is 0 Å². The van der Waals surface area contributed by atoms with Gasteiger partial charge in [0.2, 0.25) is 0 Å². The van der Waals surface area contributed by atoms with Crippen LogP contribution in [0.15, 0.2) is 48.7 Å². The van der Waals surface area contributed by atoms with E-state index in [9.17, 15) is 25.2 Å². The van der Waals surface area contributed by atoms with Gasteiger partial charge in [-0.2, -0.15) is 0 Å². The average molecular weight is 311 g/mol. The summed E-state index contributed by atoms with van der Waals surface area (Å²) < 4.78 is 1.32. The van der Waals surface area contributed by atoms with Crippen molar-refractivity contribution in [3.63, 3.8) is 0 Å². The van der Waals surface area contributed by atoms with Crippen molar-refractivity contribution in [2.24, 2.45) is 0 Å². The summed E-state index contributed by atoms with van der Waals surface area (Å²) in [6.45, 7) is 0. The maximum Gasteiger partial charge on any atom is 0.255 e. The molecule has 3 aromatic rings. The second kappa shape index (κ2) is 5.42. The minimum Gasteiger partial charge on any atom is -0.504 e. The van der Waals surface area contributed by atoms with Crippen molar-refractivity contribution in [1.29, 1.82) is 0 Å². The Balaban J connectivity index is 1.92. The van der Waals surface area contributed by atoms with Crippen LogP contribution in [-0.4, -0.2) is 30.9 Å². The number of carbonyl (C=O) groups excluding carboxylic acids is 1. The molecule has 0 aliphatic heterocycles. The van der Waals surface area contributed by atoms with Crippen LogP contribution < -0.4 is 0 Å². The lowest BCUT2D eigenvalue weighted by Gasteiger charge is -2.03. The number of allylic oxidation sites excluding steroid dienone is 1. The summed E-state index contributed by atoms with van der Waals surface area (Å²) in [5.41, 5.74) is 1.01. The topological polar surface area (TPSA) is 103 Å². The van der Waals surface area contributed by atoms with Crippen molar-refractivity contribution >= 4 is 22.9 Å². The Morgan fingerprint density at radius 2 is 1.57 bits per heavy atom. The summed E-state index contributed by atoms with van der Waals surface area (Å²) >= 11 is 0.